The zero-order chi connectivity index (χ0) is 21.8. The molecule has 0 radical (unpaired) electrons. The van der Waals surface area contributed by atoms with Crippen molar-refractivity contribution >= 4 is 46.5 Å². The van der Waals surface area contributed by atoms with Gasteiger partial charge in [-0.1, -0.05) is 28.4 Å². The van der Waals surface area contributed by atoms with E-state index in [1.54, 1.807) is 12.1 Å². The SMILES string of the molecule is NCCCNc1c(Cl)cc(C/C(=N/O)C(=O)NCCCCNC2=NCCN2)cc1Cl. The van der Waals surface area contributed by atoms with Gasteiger partial charge in [-0.25, -0.2) is 0 Å². The molecule has 1 aliphatic rings. The molecule has 0 saturated carbocycles. The normalized spacial score (nSPS) is 13.6. The van der Waals surface area contributed by atoms with Crippen molar-refractivity contribution in [3.63, 3.8) is 0 Å². The van der Waals surface area contributed by atoms with E-state index >= 15 is 0 Å². The Hall–Kier alpha value is -2.23. The van der Waals surface area contributed by atoms with Gasteiger partial charge in [0.1, 0.15) is 5.71 Å². The number of hydrogen-bond acceptors (Lipinski definition) is 8. The van der Waals surface area contributed by atoms with E-state index < -0.39 is 5.91 Å². The number of nitrogens with two attached hydrogens (primary N) is 1. The van der Waals surface area contributed by atoms with Crippen LogP contribution in [0.15, 0.2) is 22.3 Å². The van der Waals surface area contributed by atoms with Gasteiger partial charge in [0.05, 0.1) is 22.3 Å². The number of halogens is 2. The number of carbonyl (C=O) groups is 1. The van der Waals surface area contributed by atoms with Crippen LogP contribution in [-0.4, -0.2) is 62.1 Å². The first-order valence-corrected chi connectivity index (χ1v) is 10.7. The molecule has 30 heavy (non-hydrogen) atoms. The van der Waals surface area contributed by atoms with Crippen LogP contribution in [0.1, 0.15) is 24.8 Å². The van der Waals surface area contributed by atoms with Crippen LogP contribution in [0, 0.1) is 0 Å². The lowest BCUT2D eigenvalue weighted by atomic mass is 10.1. The molecule has 0 spiro atoms. The van der Waals surface area contributed by atoms with Gasteiger partial charge in [-0.2, -0.15) is 0 Å². The van der Waals surface area contributed by atoms with Gasteiger partial charge >= 0.3 is 0 Å². The van der Waals surface area contributed by atoms with Crippen LogP contribution in [0.3, 0.4) is 0 Å². The van der Waals surface area contributed by atoms with Crippen molar-refractivity contribution in [1.82, 2.24) is 16.0 Å². The minimum atomic E-state index is -0.426. The molecular weight excluding hydrogens is 429 g/mol. The number of unbranched alkanes of at least 4 members (excludes halogenated alkanes) is 1. The molecule has 2 rings (SSSR count). The highest BCUT2D eigenvalue weighted by Crippen LogP contribution is 2.32. The molecule has 0 saturated heterocycles. The molecule has 1 aromatic carbocycles. The Kier molecular flexibility index (Phi) is 10.5. The summed E-state index contributed by atoms with van der Waals surface area (Å²) in [5.74, 6) is 0.399. The molecular formula is C19H29Cl2N7O2. The minimum Gasteiger partial charge on any atom is -0.410 e. The molecule has 166 valence electrons. The molecule has 0 fully saturated rings. The summed E-state index contributed by atoms with van der Waals surface area (Å²) in [4.78, 5) is 16.5. The Labute approximate surface area is 186 Å². The third kappa shape index (κ3) is 7.89. The predicted molar refractivity (Wildman–Crippen MR) is 122 cm³/mol. The van der Waals surface area contributed by atoms with E-state index in [0.29, 0.717) is 40.9 Å². The Morgan fingerprint density at radius 3 is 2.50 bits per heavy atom. The molecule has 1 aliphatic heterocycles. The molecule has 0 bridgehead atoms. The summed E-state index contributed by atoms with van der Waals surface area (Å²) in [6, 6.07) is 3.39. The third-order valence-electron chi connectivity index (χ3n) is 4.39. The van der Waals surface area contributed by atoms with Crippen molar-refractivity contribution < 1.29 is 10.0 Å². The van der Waals surface area contributed by atoms with Crippen LogP contribution >= 0.6 is 23.2 Å². The summed E-state index contributed by atoms with van der Waals surface area (Å²) >= 11 is 12.6. The third-order valence-corrected chi connectivity index (χ3v) is 4.99. The zero-order valence-corrected chi connectivity index (χ0v) is 18.3. The number of benzene rings is 1. The molecule has 0 unspecified atom stereocenters. The number of aliphatic imine (C=N–C) groups is 1. The number of carbonyl (C=O) groups excluding carboxylic acids is 1. The molecule has 11 heteroatoms. The van der Waals surface area contributed by atoms with E-state index in [1.165, 1.54) is 0 Å². The first-order chi connectivity index (χ1) is 14.5. The number of anilines is 1. The smallest absolute Gasteiger partial charge is 0.269 e. The van der Waals surface area contributed by atoms with Gasteiger partial charge in [0.15, 0.2) is 5.96 Å². The van der Waals surface area contributed by atoms with Crippen LogP contribution in [0.4, 0.5) is 5.69 Å². The lowest BCUT2D eigenvalue weighted by Gasteiger charge is -2.13. The summed E-state index contributed by atoms with van der Waals surface area (Å²) in [5, 5.41) is 25.5. The maximum atomic E-state index is 12.3. The summed E-state index contributed by atoms with van der Waals surface area (Å²) in [7, 11) is 0. The number of oxime groups is 1. The Bertz CT molecular complexity index is 748. The van der Waals surface area contributed by atoms with Crippen molar-refractivity contribution in [2.45, 2.75) is 25.7 Å². The monoisotopic (exact) mass is 457 g/mol. The molecule has 7 N–H and O–H groups in total. The van der Waals surface area contributed by atoms with Gasteiger partial charge in [-0.15, -0.1) is 0 Å². The maximum Gasteiger partial charge on any atom is 0.269 e. The number of nitrogens with zero attached hydrogens (tertiary/aromatic N) is 2. The fourth-order valence-corrected chi connectivity index (χ4v) is 3.51. The van der Waals surface area contributed by atoms with E-state index in [2.05, 4.69) is 31.4 Å². The molecule has 1 aromatic rings. The fourth-order valence-electron chi connectivity index (χ4n) is 2.84. The van der Waals surface area contributed by atoms with Crippen molar-refractivity contribution in [1.29, 1.82) is 0 Å². The van der Waals surface area contributed by atoms with Crippen LogP contribution in [0.25, 0.3) is 0 Å². The average molecular weight is 458 g/mol. The molecule has 1 heterocycles. The average Bonchev–Trinajstić information content (AvgIpc) is 3.24. The molecule has 1 amide bonds. The van der Waals surface area contributed by atoms with Crippen LogP contribution in [0.2, 0.25) is 10.0 Å². The minimum absolute atomic E-state index is 0.00592. The van der Waals surface area contributed by atoms with Gasteiger partial charge in [0.25, 0.3) is 5.91 Å². The number of guanidine groups is 1. The second kappa shape index (κ2) is 13.1. The molecule has 0 atom stereocenters. The first kappa shape index (κ1) is 24.0. The summed E-state index contributed by atoms with van der Waals surface area (Å²) in [6.07, 6.45) is 2.55. The Balaban J connectivity index is 1.77. The highest BCUT2D eigenvalue weighted by molar-refractivity contribution is 6.40. The number of nitrogens with one attached hydrogen (secondary N) is 4. The van der Waals surface area contributed by atoms with Gasteiger partial charge in [-0.05, 0) is 43.5 Å². The topological polar surface area (TPSA) is 136 Å². The van der Waals surface area contributed by atoms with E-state index in [9.17, 15) is 10.0 Å². The highest BCUT2D eigenvalue weighted by atomic mass is 35.5. The maximum absolute atomic E-state index is 12.3. The van der Waals surface area contributed by atoms with E-state index in [4.69, 9.17) is 28.9 Å². The Morgan fingerprint density at radius 1 is 1.17 bits per heavy atom. The highest BCUT2D eigenvalue weighted by Gasteiger charge is 2.15. The second-order valence-electron chi connectivity index (χ2n) is 6.77. The number of hydrogen-bond donors (Lipinski definition) is 6. The summed E-state index contributed by atoms with van der Waals surface area (Å²) in [5.41, 5.74) is 6.77. The van der Waals surface area contributed by atoms with Gasteiger partial charge < -0.3 is 32.2 Å². The fraction of sp³-hybridized carbons (Fsp3) is 0.526. The number of rotatable bonds is 12. The molecule has 0 aromatic heterocycles. The largest absolute Gasteiger partial charge is 0.410 e. The van der Waals surface area contributed by atoms with E-state index in [-0.39, 0.29) is 12.1 Å². The first-order valence-electron chi connectivity index (χ1n) is 9.98. The Morgan fingerprint density at radius 2 is 1.87 bits per heavy atom. The second-order valence-corrected chi connectivity index (χ2v) is 7.59. The zero-order valence-electron chi connectivity index (χ0n) is 16.8. The molecule has 9 nitrogen and oxygen atoms in total. The van der Waals surface area contributed by atoms with Crippen molar-refractivity contribution in [2.75, 3.05) is 44.6 Å². The van der Waals surface area contributed by atoms with Crippen LogP contribution in [0.5, 0.6) is 0 Å². The van der Waals surface area contributed by atoms with Crippen molar-refractivity contribution in [3.8, 4) is 0 Å². The molecule has 0 aliphatic carbocycles. The summed E-state index contributed by atoms with van der Waals surface area (Å²) < 4.78 is 0. The summed E-state index contributed by atoms with van der Waals surface area (Å²) in [6.45, 7) is 4.13. The van der Waals surface area contributed by atoms with Crippen molar-refractivity contribution in [2.24, 2.45) is 15.9 Å². The van der Waals surface area contributed by atoms with E-state index in [0.717, 1.165) is 44.9 Å². The van der Waals surface area contributed by atoms with Gasteiger partial charge in [0, 0.05) is 32.6 Å². The predicted octanol–water partition coefficient (Wildman–Crippen LogP) is 1.57. The van der Waals surface area contributed by atoms with Crippen LogP contribution in [-0.2, 0) is 11.2 Å². The lowest BCUT2D eigenvalue weighted by molar-refractivity contribution is -0.115. The van der Waals surface area contributed by atoms with E-state index in [1.807, 2.05) is 0 Å². The van der Waals surface area contributed by atoms with Gasteiger partial charge in [-0.3, -0.25) is 9.79 Å². The van der Waals surface area contributed by atoms with Crippen molar-refractivity contribution in [3.05, 3.63) is 27.7 Å². The quantitative estimate of drug-likeness (QED) is 0.122. The standard InChI is InChI=1S/C19H29Cl2N7O2/c20-14-10-13(11-15(21)17(14)23-7-3-4-22)12-16(28-30)18(29)24-5-1-2-6-25-19-26-8-9-27-19/h10-11,23,30H,1-9,12,22H2,(H,24,29)(H2,25,26,27)/b28-16-. The lowest BCUT2D eigenvalue weighted by Crippen LogP contribution is -2.35. The van der Waals surface area contributed by atoms with Crippen LogP contribution < -0.4 is 27.0 Å². The van der Waals surface area contributed by atoms with Gasteiger partial charge in [0.2, 0.25) is 0 Å². The number of amides is 1.